The molecule has 1 rings (SSSR count). The third-order valence-corrected chi connectivity index (χ3v) is 4.17. The fourth-order valence-electron chi connectivity index (χ4n) is 2.10. The Hall–Kier alpha value is -1.15. The van der Waals surface area contributed by atoms with Crippen molar-refractivity contribution in [2.75, 3.05) is 25.1 Å². The lowest BCUT2D eigenvalue weighted by Gasteiger charge is -2.23. The van der Waals surface area contributed by atoms with Gasteiger partial charge < -0.3 is 16.0 Å². The summed E-state index contributed by atoms with van der Waals surface area (Å²) in [5, 5.41) is 2.71. The first kappa shape index (κ1) is 16.9. The maximum absolute atomic E-state index is 11.8. The van der Waals surface area contributed by atoms with Crippen LogP contribution in [0.5, 0.6) is 0 Å². The summed E-state index contributed by atoms with van der Waals surface area (Å²) < 4.78 is 22.0. The average Bonchev–Trinajstić information content (AvgIpc) is 2.70. The molecule has 0 saturated carbocycles. The summed E-state index contributed by atoms with van der Waals surface area (Å²) >= 11 is 0. The van der Waals surface area contributed by atoms with E-state index in [2.05, 4.69) is 5.32 Å². The zero-order valence-corrected chi connectivity index (χ0v) is 12.8. The Kier molecular flexibility index (Phi) is 5.94. The van der Waals surface area contributed by atoms with E-state index in [-0.39, 0.29) is 30.0 Å². The minimum atomic E-state index is -3.12. The van der Waals surface area contributed by atoms with E-state index >= 15 is 0 Å². The third kappa shape index (κ3) is 5.87. The molecule has 1 fully saturated rings. The SMILES string of the molecule is CC(CN1CCCC1=O)NC(=O)C(N)CCS(C)(=O)=O. The van der Waals surface area contributed by atoms with Crippen molar-refractivity contribution in [2.45, 2.75) is 38.3 Å². The fraction of sp³-hybridized carbons (Fsp3) is 0.833. The molecule has 0 aromatic heterocycles. The van der Waals surface area contributed by atoms with Crippen molar-refractivity contribution in [3.05, 3.63) is 0 Å². The van der Waals surface area contributed by atoms with Gasteiger partial charge in [0.2, 0.25) is 11.8 Å². The highest BCUT2D eigenvalue weighted by molar-refractivity contribution is 7.90. The summed E-state index contributed by atoms with van der Waals surface area (Å²) in [5.41, 5.74) is 5.65. The molecule has 2 unspecified atom stereocenters. The molecule has 0 aromatic carbocycles. The highest BCUT2D eigenvalue weighted by Gasteiger charge is 2.23. The lowest BCUT2D eigenvalue weighted by atomic mass is 10.2. The normalized spacial score (nSPS) is 18.9. The number of likely N-dealkylation sites (tertiary alicyclic amines) is 1. The van der Waals surface area contributed by atoms with Gasteiger partial charge in [0, 0.05) is 31.8 Å². The Morgan fingerprint density at radius 1 is 1.50 bits per heavy atom. The van der Waals surface area contributed by atoms with E-state index in [9.17, 15) is 18.0 Å². The Balaban J connectivity index is 2.35. The minimum absolute atomic E-state index is 0.0973. The standard InChI is InChI=1S/C12H23N3O4S/c1-9(8-15-6-3-4-11(15)16)14-12(17)10(13)5-7-20(2,18)19/h9-10H,3-8,13H2,1-2H3,(H,14,17). The quantitative estimate of drug-likeness (QED) is 0.619. The molecule has 0 aromatic rings. The van der Waals surface area contributed by atoms with Crippen molar-refractivity contribution >= 4 is 21.7 Å². The van der Waals surface area contributed by atoms with Crippen LogP contribution in [0.1, 0.15) is 26.2 Å². The smallest absolute Gasteiger partial charge is 0.237 e. The summed E-state index contributed by atoms with van der Waals surface area (Å²) in [6.07, 6.45) is 2.63. The second-order valence-electron chi connectivity index (χ2n) is 5.38. The van der Waals surface area contributed by atoms with Gasteiger partial charge in [0.25, 0.3) is 0 Å². The van der Waals surface area contributed by atoms with E-state index in [4.69, 9.17) is 5.73 Å². The minimum Gasteiger partial charge on any atom is -0.351 e. The number of amides is 2. The molecule has 0 radical (unpaired) electrons. The molecule has 1 heterocycles. The zero-order chi connectivity index (χ0) is 15.3. The van der Waals surface area contributed by atoms with Gasteiger partial charge in [-0.25, -0.2) is 8.42 Å². The summed E-state index contributed by atoms with van der Waals surface area (Å²) in [6, 6.07) is -1.05. The van der Waals surface area contributed by atoms with Crippen LogP contribution in [-0.4, -0.2) is 62.3 Å². The number of carbonyl (C=O) groups is 2. The van der Waals surface area contributed by atoms with Crippen molar-refractivity contribution in [3.8, 4) is 0 Å². The first-order chi connectivity index (χ1) is 9.19. The fourth-order valence-corrected chi connectivity index (χ4v) is 2.78. The highest BCUT2D eigenvalue weighted by atomic mass is 32.2. The molecule has 0 bridgehead atoms. The van der Waals surface area contributed by atoms with E-state index in [1.54, 1.807) is 11.8 Å². The number of carbonyl (C=O) groups excluding carboxylic acids is 2. The lowest BCUT2D eigenvalue weighted by Crippen LogP contribution is -2.48. The monoisotopic (exact) mass is 305 g/mol. The van der Waals surface area contributed by atoms with Crippen molar-refractivity contribution in [3.63, 3.8) is 0 Å². The van der Waals surface area contributed by atoms with Crippen LogP contribution in [-0.2, 0) is 19.4 Å². The van der Waals surface area contributed by atoms with Crippen LogP contribution >= 0.6 is 0 Å². The van der Waals surface area contributed by atoms with E-state index in [0.717, 1.165) is 19.2 Å². The molecule has 7 nitrogen and oxygen atoms in total. The van der Waals surface area contributed by atoms with Crippen LogP contribution in [0.3, 0.4) is 0 Å². The van der Waals surface area contributed by atoms with Crippen LogP contribution in [0, 0.1) is 0 Å². The van der Waals surface area contributed by atoms with Gasteiger partial charge in [-0.3, -0.25) is 9.59 Å². The van der Waals surface area contributed by atoms with Crippen molar-refractivity contribution in [1.82, 2.24) is 10.2 Å². The number of hydrogen-bond acceptors (Lipinski definition) is 5. The molecule has 2 amide bonds. The van der Waals surface area contributed by atoms with E-state index in [0.29, 0.717) is 13.0 Å². The van der Waals surface area contributed by atoms with Gasteiger partial charge in [-0.2, -0.15) is 0 Å². The number of nitrogens with two attached hydrogens (primary N) is 1. The number of rotatable bonds is 7. The molecule has 1 saturated heterocycles. The predicted octanol–water partition coefficient (Wildman–Crippen LogP) is -1.12. The zero-order valence-electron chi connectivity index (χ0n) is 12.0. The van der Waals surface area contributed by atoms with E-state index in [1.165, 1.54) is 0 Å². The molecule has 3 N–H and O–H groups in total. The largest absolute Gasteiger partial charge is 0.351 e. The number of sulfone groups is 1. The topological polar surface area (TPSA) is 110 Å². The summed E-state index contributed by atoms with van der Waals surface area (Å²) in [6.45, 7) is 2.98. The molecule has 8 heteroatoms. The highest BCUT2D eigenvalue weighted by Crippen LogP contribution is 2.09. The molecular weight excluding hydrogens is 282 g/mol. The van der Waals surface area contributed by atoms with Gasteiger partial charge in [0.15, 0.2) is 0 Å². The van der Waals surface area contributed by atoms with E-state index < -0.39 is 15.9 Å². The van der Waals surface area contributed by atoms with Gasteiger partial charge in [-0.1, -0.05) is 0 Å². The predicted molar refractivity (Wildman–Crippen MR) is 75.7 cm³/mol. The maximum Gasteiger partial charge on any atom is 0.237 e. The Morgan fingerprint density at radius 2 is 2.15 bits per heavy atom. The first-order valence-corrected chi connectivity index (χ1v) is 8.76. The summed E-state index contributed by atoms with van der Waals surface area (Å²) in [7, 11) is -3.12. The second-order valence-corrected chi connectivity index (χ2v) is 7.64. The van der Waals surface area contributed by atoms with Crippen molar-refractivity contribution < 1.29 is 18.0 Å². The van der Waals surface area contributed by atoms with Crippen LogP contribution < -0.4 is 11.1 Å². The molecule has 0 aliphatic carbocycles. The molecule has 116 valence electrons. The summed E-state index contributed by atoms with van der Waals surface area (Å²) in [4.78, 5) is 25.0. The number of hydrogen-bond donors (Lipinski definition) is 2. The van der Waals surface area contributed by atoms with Crippen LogP contribution in [0.4, 0.5) is 0 Å². The third-order valence-electron chi connectivity index (χ3n) is 3.19. The van der Waals surface area contributed by atoms with Gasteiger partial charge in [-0.15, -0.1) is 0 Å². The van der Waals surface area contributed by atoms with Gasteiger partial charge in [0.05, 0.1) is 11.8 Å². The van der Waals surface area contributed by atoms with E-state index in [1.807, 2.05) is 0 Å². The molecule has 0 spiro atoms. The molecule has 2 atom stereocenters. The van der Waals surface area contributed by atoms with Gasteiger partial charge >= 0.3 is 0 Å². The van der Waals surface area contributed by atoms with Gasteiger partial charge in [-0.05, 0) is 19.8 Å². The molecular formula is C12H23N3O4S. The Labute approximate surface area is 119 Å². The lowest BCUT2D eigenvalue weighted by molar-refractivity contribution is -0.129. The Morgan fingerprint density at radius 3 is 2.65 bits per heavy atom. The van der Waals surface area contributed by atoms with Gasteiger partial charge in [0.1, 0.15) is 9.84 Å². The molecule has 1 aliphatic heterocycles. The number of nitrogens with one attached hydrogen (secondary N) is 1. The van der Waals surface area contributed by atoms with Crippen molar-refractivity contribution in [2.24, 2.45) is 5.73 Å². The number of nitrogens with zero attached hydrogens (tertiary/aromatic N) is 1. The second kappa shape index (κ2) is 7.03. The van der Waals surface area contributed by atoms with Crippen molar-refractivity contribution in [1.29, 1.82) is 0 Å². The molecule has 1 aliphatic rings. The molecule has 20 heavy (non-hydrogen) atoms. The van der Waals surface area contributed by atoms with Crippen LogP contribution in [0.25, 0.3) is 0 Å². The van der Waals surface area contributed by atoms with Crippen LogP contribution in [0.2, 0.25) is 0 Å². The van der Waals surface area contributed by atoms with Crippen LogP contribution in [0.15, 0.2) is 0 Å². The average molecular weight is 305 g/mol. The first-order valence-electron chi connectivity index (χ1n) is 6.70. The summed E-state index contributed by atoms with van der Waals surface area (Å²) in [5.74, 6) is -0.388. The Bertz CT molecular complexity index is 463. The maximum atomic E-state index is 11.8.